The Kier molecular flexibility index (Phi) is 5.76. The van der Waals surface area contributed by atoms with Crippen molar-refractivity contribution in [1.82, 2.24) is 9.80 Å². The van der Waals surface area contributed by atoms with Gasteiger partial charge in [0, 0.05) is 45.5 Å². The van der Waals surface area contributed by atoms with E-state index in [1.165, 1.54) is 0 Å². The number of hydrogen-bond donors (Lipinski definition) is 0. The lowest BCUT2D eigenvalue weighted by atomic mass is 10.2. The molecule has 0 bridgehead atoms. The van der Waals surface area contributed by atoms with Crippen molar-refractivity contribution >= 4 is 11.6 Å². The molecule has 1 fully saturated rings. The average molecular weight is 289 g/mol. The van der Waals surface area contributed by atoms with Crippen LogP contribution >= 0.6 is 0 Å². The highest BCUT2D eigenvalue weighted by molar-refractivity contribution is 5.94. The van der Waals surface area contributed by atoms with E-state index in [-0.39, 0.29) is 5.91 Å². The summed E-state index contributed by atoms with van der Waals surface area (Å²) < 4.78 is 0. The van der Waals surface area contributed by atoms with Crippen LogP contribution in [0.15, 0.2) is 30.3 Å². The fourth-order valence-corrected chi connectivity index (χ4v) is 2.74. The van der Waals surface area contributed by atoms with Gasteiger partial charge in [0.1, 0.15) is 0 Å². The number of nitrogens with zero attached hydrogens (tertiary/aromatic N) is 3. The van der Waals surface area contributed by atoms with Crippen molar-refractivity contribution in [1.29, 1.82) is 0 Å². The van der Waals surface area contributed by atoms with Crippen molar-refractivity contribution in [3.63, 3.8) is 0 Å². The van der Waals surface area contributed by atoms with Gasteiger partial charge in [0.25, 0.3) is 0 Å². The van der Waals surface area contributed by atoms with Crippen molar-refractivity contribution in [3.05, 3.63) is 30.3 Å². The molecule has 0 N–H and O–H groups in total. The molecule has 0 unspecified atom stereocenters. The zero-order valence-corrected chi connectivity index (χ0v) is 13.5. The minimum absolute atomic E-state index is 0.165. The van der Waals surface area contributed by atoms with Crippen LogP contribution in [0.1, 0.15) is 13.8 Å². The van der Waals surface area contributed by atoms with Crippen molar-refractivity contribution in [2.75, 3.05) is 51.2 Å². The molecule has 1 aromatic rings. The first-order valence-electron chi connectivity index (χ1n) is 7.82. The molecular weight excluding hydrogens is 262 g/mol. The number of piperazine rings is 1. The molecule has 0 saturated carbocycles. The monoisotopic (exact) mass is 289 g/mol. The second-order valence-electron chi connectivity index (χ2n) is 6.26. The summed E-state index contributed by atoms with van der Waals surface area (Å²) in [4.78, 5) is 18.8. The van der Waals surface area contributed by atoms with E-state index in [4.69, 9.17) is 0 Å². The molecule has 1 heterocycles. The Labute approximate surface area is 128 Å². The Hall–Kier alpha value is -1.39. The maximum atomic E-state index is 12.3. The number of para-hydroxylation sites is 1. The summed E-state index contributed by atoms with van der Waals surface area (Å²) in [6, 6.07) is 9.83. The van der Waals surface area contributed by atoms with Gasteiger partial charge in [-0.2, -0.15) is 0 Å². The maximum absolute atomic E-state index is 12.3. The average Bonchev–Trinajstić information content (AvgIpc) is 2.49. The molecule has 0 aromatic heterocycles. The fraction of sp³-hybridized carbons (Fsp3) is 0.588. The predicted octanol–water partition coefficient (Wildman–Crippen LogP) is 1.92. The van der Waals surface area contributed by atoms with E-state index in [0.717, 1.165) is 38.4 Å². The Morgan fingerprint density at radius 3 is 2.24 bits per heavy atom. The molecule has 2 rings (SSSR count). The molecule has 21 heavy (non-hydrogen) atoms. The summed E-state index contributed by atoms with van der Waals surface area (Å²) in [5.74, 6) is 0.876. The number of anilines is 1. The molecule has 1 saturated heterocycles. The standard InChI is InChI=1S/C17H27N3O/c1-15(2)13-19-9-11-20(12-10-19)14-17(21)18(3)16-7-5-4-6-8-16/h4-8,15H,9-14H2,1-3H3. The molecule has 0 spiro atoms. The van der Waals surface area contributed by atoms with Gasteiger partial charge in [0.05, 0.1) is 6.54 Å². The van der Waals surface area contributed by atoms with Crippen LogP contribution in [0.3, 0.4) is 0 Å². The third-order valence-corrected chi connectivity index (χ3v) is 3.96. The van der Waals surface area contributed by atoms with Gasteiger partial charge in [-0.15, -0.1) is 0 Å². The molecule has 1 aliphatic rings. The number of rotatable bonds is 5. The van der Waals surface area contributed by atoms with Crippen LogP contribution in [0.25, 0.3) is 0 Å². The third-order valence-electron chi connectivity index (χ3n) is 3.96. The molecule has 1 aromatic carbocycles. The Morgan fingerprint density at radius 2 is 1.67 bits per heavy atom. The summed E-state index contributed by atoms with van der Waals surface area (Å²) in [5, 5.41) is 0. The molecule has 4 nitrogen and oxygen atoms in total. The van der Waals surface area contributed by atoms with E-state index in [0.29, 0.717) is 12.5 Å². The van der Waals surface area contributed by atoms with Crippen LogP contribution in [-0.2, 0) is 4.79 Å². The van der Waals surface area contributed by atoms with E-state index in [1.807, 2.05) is 37.4 Å². The van der Waals surface area contributed by atoms with Crippen LogP contribution in [0.2, 0.25) is 0 Å². The summed E-state index contributed by atoms with van der Waals surface area (Å²) >= 11 is 0. The number of carbonyl (C=O) groups excluding carboxylic acids is 1. The highest BCUT2D eigenvalue weighted by Gasteiger charge is 2.21. The number of benzene rings is 1. The van der Waals surface area contributed by atoms with Crippen LogP contribution in [0, 0.1) is 5.92 Å². The molecular formula is C17H27N3O. The predicted molar refractivity (Wildman–Crippen MR) is 87.6 cm³/mol. The molecule has 0 atom stereocenters. The molecule has 0 aliphatic carbocycles. The lowest BCUT2D eigenvalue weighted by molar-refractivity contribution is -0.119. The molecule has 4 heteroatoms. The molecule has 116 valence electrons. The van der Waals surface area contributed by atoms with Crippen LogP contribution < -0.4 is 4.90 Å². The quantitative estimate of drug-likeness (QED) is 0.828. The largest absolute Gasteiger partial charge is 0.314 e. The number of likely N-dealkylation sites (N-methyl/N-ethyl adjacent to an activating group) is 1. The van der Waals surface area contributed by atoms with E-state index < -0.39 is 0 Å². The highest BCUT2D eigenvalue weighted by Crippen LogP contribution is 2.12. The first-order chi connectivity index (χ1) is 10.1. The number of carbonyl (C=O) groups is 1. The number of hydrogen-bond acceptors (Lipinski definition) is 3. The van der Waals surface area contributed by atoms with Crippen molar-refractivity contribution in [3.8, 4) is 0 Å². The Bertz CT molecular complexity index is 439. The fourth-order valence-electron chi connectivity index (χ4n) is 2.74. The topological polar surface area (TPSA) is 26.8 Å². The third kappa shape index (κ3) is 4.83. The SMILES string of the molecule is CC(C)CN1CCN(CC(=O)N(C)c2ccccc2)CC1. The molecule has 0 radical (unpaired) electrons. The second-order valence-corrected chi connectivity index (χ2v) is 6.26. The van der Waals surface area contributed by atoms with Crippen molar-refractivity contribution < 1.29 is 4.79 Å². The van der Waals surface area contributed by atoms with Crippen LogP contribution in [0.5, 0.6) is 0 Å². The normalized spacial score (nSPS) is 17.1. The van der Waals surface area contributed by atoms with E-state index >= 15 is 0 Å². The Balaban J connectivity index is 1.79. The van der Waals surface area contributed by atoms with Crippen molar-refractivity contribution in [2.24, 2.45) is 5.92 Å². The van der Waals surface area contributed by atoms with Gasteiger partial charge in [0.15, 0.2) is 0 Å². The highest BCUT2D eigenvalue weighted by atomic mass is 16.2. The zero-order chi connectivity index (χ0) is 15.2. The van der Waals surface area contributed by atoms with Gasteiger partial charge in [-0.25, -0.2) is 0 Å². The van der Waals surface area contributed by atoms with Gasteiger partial charge in [0.2, 0.25) is 5.91 Å². The second kappa shape index (κ2) is 7.57. The summed E-state index contributed by atoms with van der Waals surface area (Å²) in [5.41, 5.74) is 0.959. The van der Waals surface area contributed by atoms with Crippen LogP contribution in [-0.4, -0.2) is 62.0 Å². The lowest BCUT2D eigenvalue weighted by Gasteiger charge is -2.35. The zero-order valence-electron chi connectivity index (χ0n) is 13.5. The first-order valence-corrected chi connectivity index (χ1v) is 7.82. The van der Waals surface area contributed by atoms with Crippen molar-refractivity contribution in [2.45, 2.75) is 13.8 Å². The summed E-state index contributed by atoms with van der Waals surface area (Å²) in [6.45, 7) is 10.3. The summed E-state index contributed by atoms with van der Waals surface area (Å²) in [6.07, 6.45) is 0. The van der Waals surface area contributed by atoms with Gasteiger partial charge in [-0.3, -0.25) is 9.69 Å². The molecule has 1 amide bonds. The smallest absolute Gasteiger partial charge is 0.240 e. The minimum atomic E-state index is 0.165. The van der Waals surface area contributed by atoms with Crippen LogP contribution in [0.4, 0.5) is 5.69 Å². The Morgan fingerprint density at radius 1 is 1.10 bits per heavy atom. The van der Waals surface area contributed by atoms with Gasteiger partial charge in [-0.1, -0.05) is 32.0 Å². The molecule has 1 aliphatic heterocycles. The van der Waals surface area contributed by atoms with Gasteiger partial charge >= 0.3 is 0 Å². The van der Waals surface area contributed by atoms with E-state index in [1.54, 1.807) is 4.90 Å². The maximum Gasteiger partial charge on any atom is 0.240 e. The first kappa shape index (κ1) is 16.0. The minimum Gasteiger partial charge on any atom is -0.314 e. The lowest BCUT2D eigenvalue weighted by Crippen LogP contribution is -2.50. The number of amides is 1. The summed E-state index contributed by atoms with van der Waals surface area (Å²) in [7, 11) is 1.85. The van der Waals surface area contributed by atoms with E-state index in [2.05, 4.69) is 23.6 Å². The van der Waals surface area contributed by atoms with Gasteiger partial charge in [-0.05, 0) is 18.1 Å². The van der Waals surface area contributed by atoms with E-state index in [9.17, 15) is 4.79 Å². The van der Waals surface area contributed by atoms with Gasteiger partial charge < -0.3 is 9.80 Å².